The van der Waals surface area contributed by atoms with Crippen LogP contribution in [-0.2, 0) is 11.3 Å². The van der Waals surface area contributed by atoms with Gasteiger partial charge in [-0.15, -0.1) is 6.58 Å². The molecule has 1 aromatic rings. The number of methoxy groups -OCH3 is 1. The van der Waals surface area contributed by atoms with Gasteiger partial charge < -0.3 is 9.15 Å². The summed E-state index contributed by atoms with van der Waals surface area (Å²) >= 11 is 0. The monoisotopic (exact) mass is 223 g/mol. The number of carbonyl (C=O) groups excluding carboxylic acids is 1. The SMILES string of the molecule is C=CCN(C)Cc1cc(C(=O)OC)c(C)o1. The largest absolute Gasteiger partial charge is 0.465 e. The second-order valence-electron chi connectivity index (χ2n) is 3.66. The summed E-state index contributed by atoms with van der Waals surface area (Å²) in [6, 6.07) is 1.72. The number of rotatable bonds is 5. The Morgan fingerprint density at radius 2 is 2.38 bits per heavy atom. The summed E-state index contributed by atoms with van der Waals surface area (Å²) in [6.07, 6.45) is 1.82. The van der Waals surface area contributed by atoms with E-state index in [2.05, 4.69) is 11.3 Å². The number of esters is 1. The molecule has 0 aliphatic carbocycles. The summed E-state index contributed by atoms with van der Waals surface area (Å²) in [5, 5.41) is 0. The average Bonchev–Trinajstić information content (AvgIpc) is 2.58. The van der Waals surface area contributed by atoms with Gasteiger partial charge in [0, 0.05) is 6.54 Å². The molecule has 0 atom stereocenters. The van der Waals surface area contributed by atoms with E-state index in [1.807, 2.05) is 18.0 Å². The molecular formula is C12H17NO3. The van der Waals surface area contributed by atoms with Crippen molar-refractivity contribution in [2.45, 2.75) is 13.5 Å². The predicted octanol–water partition coefficient (Wildman–Crippen LogP) is 1.99. The second-order valence-corrected chi connectivity index (χ2v) is 3.66. The van der Waals surface area contributed by atoms with Gasteiger partial charge in [0.25, 0.3) is 0 Å². The van der Waals surface area contributed by atoms with E-state index in [4.69, 9.17) is 4.42 Å². The smallest absolute Gasteiger partial charge is 0.341 e. The van der Waals surface area contributed by atoms with Crippen LogP contribution in [0.1, 0.15) is 21.9 Å². The van der Waals surface area contributed by atoms with Crippen LogP contribution in [0.2, 0.25) is 0 Å². The Balaban J connectivity index is 2.76. The minimum Gasteiger partial charge on any atom is -0.465 e. The molecule has 0 amide bonds. The van der Waals surface area contributed by atoms with E-state index < -0.39 is 0 Å². The number of hydrogen-bond donors (Lipinski definition) is 0. The zero-order valence-electron chi connectivity index (χ0n) is 9.95. The molecule has 0 saturated carbocycles. The molecule has 0 aliphatic rings. The normalized spacial score (nSPS) is 10.5. The third-order valence-electron chi connectivity index (χ3n) is 2.24. The molecule has 0 fully saturated rings. The fraction of sp³-hybridized carbons (Fsp3) is 0.417. The van der Waals surface area contributed by atoms with Gasteiger partial charge >= 0.3 is 5.97 Å². The quantitative estimate of drug-likeness (QED) is 0.565. The molecule has 0 aromatic carbocycles. The topological polar surface area (TPSA) is 42.7 Å². The number of furan rings is 1. The Kier molecular flexibility index (Phi) is 4.31. The van der Waals surface area contributed by atoms with Crippen molar-refractivity contribution in [3.63, 3.8) is 0 Å². The minimum atomic E-state index is -0.362. The molecule has 0 spiro atoms. The molecule has 1 rings (SSSR count). The van der Waals surface area contributed by atoms with Crippen LogP contribution >= 0.6 is 0 Å². The molecule has 0 N–H and O–H groups in total. The summed E-state index contributed by atoms with van der Waals surface area (Å²) in [6.45, 7) is 6.83. The van der Waals surface area contributed by atoms with Crippen molar-refractivity contribution in [1.29, 1.82) is 0 Å². The van der Waals surface area contributed by atoms with Crippen molar-refractivity contribution in [1.82, 2.24) is 4.90 Å². The van der Waals surface area contributed by atoms with Crippen LogP contribution in [0.15, 0.2) is 23.1 Å². The highest BCUT2D eigenvalue weighted by atomic mass is 16.5. The van der Waals surface area contributed by atoms with Crippen LogP contribution in [0.25, 0.3) is 0 Å². The summed E-state index contributed by atoms with van der Waals surface area (Å²) in [7, 11) is 3.32. The molecule has 0 unspecified atom stereocenters. The number of aryl methyl sites for hydroxylation is 1. The first-order valence-electron chi connectivity index (χ1n) is 5.05. The standard InChI is InChI=1S/C12H17NO3/c1-5-6-13(3)8-10-7-11(9(2)16-10)12(14)15-4/h5,7H,1,6,8H2,2-4H3. The van der Waals surface area contributed by atoms with Crippen molar-refractivity contribution in [3.8, 4) is 0 Å². The minimum absolute atomic E-state index is 0.362. The second kappa shape index (κ2) is 5.51. The van der Waals surface area contributed by atoms with Gasteiger partial charge in [0.05, 0.1) is 13.7 Å². The number of carbonyl (C=O) groups is 1. The molecular weight excluding hydrogens is 206 g/mol. The summed E-state index contributed by atoms with van der Waals surface area (Å²) in [5.74, 6) is 0.981. The van der Waals surface area contributed by atoms with E-state index >= 15 is 0 Å². The summed E-state index contributed by atoms with van der Waals surface area (Å²) < 4.78 is 10.1. The fourth-order valence-electron chi connectivity index (χ4n) is 1.49. The van der Waals surface area contributed by atoms with E-state index in [1.165, 1.54) is 7.11 Å². The first kappa shape index (κ1) is 12.5. The molecule has 0 radical (unpaired) electrons. The Hall–Kier alpha value is -1.55. The molecule has 4 heteroatoms. The molecule has 0 saturated heterocycles. The highest BCUT2D eigenvalue weighted by molar-refractivity contribution is 5.90. The van der Waals surface area contributed by atoms with Gasteiger partial charge in [-0.3, -0.25) is 4.90 Å². The van der Waals surface area contributed by atoms with E-state index in [9.17, 15) is 4.79 Å². The van der Waals surface area contributed by atoms with Gasteiger partial charge in [0.2, 0.25) is 0 Å². The van der Waals surface area contributed by atoms with Crippen LogP contribution in [0, 0.1) is 6.92 Å². The van der Waals surface area contributed by atoms with Crippen molar-refractivity contribution in [3.05, 3.63) is 35.8 Å². The Bertz CT molecular complexity index is 382. The van der Waals surface area contributed by atoms with Gasteiger partial charge in [-0.1, -0.05) is 6.08 Å². The molecule has 0 aliphatic heterocycles. The lowest BCUT2D eigenvalue weighted by Gasteiger charge is -2.11. The molecule has 1 heterocycles. The third kappa shape index (κ3) is 2.97. The molecule has 88 valence electrons. The van der Waals surface area contributed by atoms with Gasteiger partial charge in [0.1, 0.15) is 17.1 Å². The maximum absolute atomic E-state index is 11.3. The fourth-order valence-corrected chi connectivity index (χ4v) is 1.49. The van der Waals surface area contributed by atoms with Gasteiger partial charge in [-0.05, 0) is 20.0 Å². The number of hydrogen-bond acceptors (Lipinski definition) is 4. The zero-order valence-corrected chi connectivity index (χ0v) is 9.95. The molecule has 0 bridgehead atoms. The van der Waals surface area contributed by atoms with Crippen LogP contribution < -0.4 is 0 Å². The average molecular weight is 223 g/mol. The van der Waals surface area contributed by atoms with Crippen LogP contribution in [0.5, 0.6) is 0 Å². The lowest BCUT2D eigenvalue weighted by atomic mass is 10.2. The zero-order chi connectivity index (χ0) is 12.1. The summed E-state index contributed by atoms with van der Waals surface area (Å²) in [5.41, 5.74) is 0.490. The number of likely N-dealkylation sites (N-methyl/N-ethyl adjacent to an activating group) is 1. The highest BCUT2D eigenvalue weighted by Crippen LogP contribution is 2.16. The first-order chi connectivity index (χ1) is 7.58. The van der Waals surface area contributed by atoms with Gasteiger partial charge in [0.15, 0.2) is 0 Å². The van der Waals surface area contributed by atoms with Crippen molar-refractivity contribution < 1.29 is 13.9 Å². The third-order valence-corrected chi connectivity index (χ3v) is 2.24. The van der Waals surface area contributed by atoms with Gasteiger partial charge in [-0.25, -0.2) is 4.79 Å². The molecule has 16 heavy (non-hydrogen) atoms. The Morgan fingerprint density at radius 3 is 2.94 bits per heavy atom. The number of nitrogens with zero attached hydrogens (tertiary/aromatic N) is 1. The molecule has 4 nitrogen and oxygen atoms in total. The predicted molar refractivity (Wildman–Crippen MR) is 61.3 cm³/mol. The molecule has 1 aromatic heterocycles. The van der Waals surface area contributed by atoms with Crippen LogP contribution in [0.3, 0.4) is 0 Å². The van der Waals surface area contributed by atoms with Crippen molar-refractivity contribution >= 4 is 5.97 Å². The summed E-state index contributed by atoms with van der Waals surface area (Å²) in [4.78, 5) is 13.4. The van der Waals surface area contributed by atoms with E-state index in [0.717, 1.165) is 12.3 Å². The van der Waals surface area contributed by atoms with E-state index in [0.29, 0.717) is 17.9 Å². The lowest BCUT2D eigenvalue weighted by Crippen LogP contribution is -2.16. The van der Waals surface area contributed by atoms with Crippen molar-refractivity contribution in [2.24, 2.45) is 0 Å². The number of ether oxygens (including phenoxy) is 1. The lowest BCUT2D eigenvalue weighted by molar-refractivity contribution is 0.0599. The highest BCUT2D eigenvalue weighted by Gasteiger charge is 2.15. The van der Waals surface area contributed by atoms with Crippen molar-refractivity contribution in [2.75, 3.05) is 20.7 Å². The van der Waals surface area contributed by atoms with Gasteiger partial charge in [-0.2, -0.15) is 0 Å². The Morgan fingerprint density at radius 1 is 1.69 bits per heavy atom. The van der Waals surface area contributed by atoms with Crippen LogP contribution in [0.4, 0.5) is 0 Å². The maximum atomic E-state index is 11.3. The Labute approximate surface area is 95.5 Å². The van der Waals surface area contributed by atoms with E-state index in [1.54, 1.807) is 13.0 Å². The maximum Gasteiger partial charge on any atom is 0.341 e. The van der Waals surface area contributed by atoms with E-state index in [-0.39, 0.29) is 5.97 Å². The van der Waals surface area contributed by atoms with Crippen LogP contribution in [-0.4, -0.2) is 31.6 Å². The first-order valence-corrected chi connectivity index (χ1v) is 5.05.